The van der Waals surface area contributed by atoms with Gasteiger partial charge in [0.15, 0.2) is 5.82 Å². The second kappa shape index (κ2) is 6.27. The van der Waals surface area contributed by atoms with Gasteiger partial charge in [0.2, 0.25) is 5.88 Å². The molecule has 0 saturated heterocycles. The smallest absolute Gasteiger partial charge is 0.419 e. The summed E-state index contributed by atoms with van der Waals surface area (Å²) in [6.07, 6.45) is -4.80. The van der Waals surface area contributed by atoms with Crippen LogP contribution in [0.4, 0.5) is 17.6 Å². The Morgan fingerprint density at radius 2 is 1.86 bits per heavy atom. The summed E-state index contributed by atoms with van der Waals surface area (Å²) in [5, 5.41) is 0. The Bertz CT molecular complexity index is 674. The van der Waals surface area contributed by atoms with E-state index >= 15 is 0 Å². The van der Waals surface area contributed by atoms with Crippen LogP contribution in [-0.2, 0) is 17.5 Å². The molecule has 0 amide bonds. The van der Waals surface area contributed by atoms with Crippen LogP contribution in [0.25, 0.3) is 0 Å². The zero-order chi connectivity index (χ0) is 16.3. The Morgan fingerprint density at radius 3 is 2.50 bits per heavy atom. The van der Waals surface area contributed by atoms with Crippen molar-refractivity contribution in [2.45, 2.75) is 19.7 Å². The van der Waals surface area contributed by atoms with Gasteiger partial charge in [0.05, 0.1) is 5.56 Å². The molecule has 0 aliphatic carbocycles. The van der Waals surface area contributed by atoms with E-state index in [1.807, 2.05) is 0 Å². The topological polar surface area (TPSA) is 44.2 Å². The van der Waals surface area contributed by atoms with Gasteiger partial charge in [-0.15, -0.1) is 0 Å². The van der Waals surface area contributed by atoms with E-state index in [0.29, 0.717) is 23.7 Å². The number of rotatable bonds is 4. The van der Waals surface area contributed by atoms with Crippen molar-refractivity contribution in [2.24, 2.45) is 0 Å². The van der Waals surface area contributed by atoms with Gasteiger partial charge in [-0.2, -0.15) is 18.2 Å². The Labute approximate surface area is 123 Å². The number of aromatic nitrogens is 2. The first-order valence-corrected chi connectivity index (χ1v) is 6.17. The van der Waals surface area contributed by atoms with E-state index in [1.165, 1.54) is 13.2 Å². The third-order valence-electron chi connectivity index (χ3n) is 2.62. The fourth-order valence-corrected chi connectivity index (χ4v) is 1.75. The molecule has 0 radical (unpaired) electrons. The number of nitrogens with zero attached hydrogens (tertiary/aromatic N) is 2. The monoisotopic (exact) mass is 316 g/mol. The lowest BCUT2D eigenvalue weighted by Crippen LogP contribution is -2.08. The van der Waals surface area contributed by atoms with Gasteiger partial charge >= 0.3 is 6.18 Å². The summed E-state index contributed by atoms with van der Waals surface area (Å²) < 4.78 is 61.3. The number of halogens is 4. The number of ether oxygens (including phenoxy) is 2. The van der Waals surface area contributed by atoms with E-state index in [4.69, 9.17) is 9.47 Å². The minimum atomic E-state index is -4.80. The molecular formula is C14H12F4N2O2. The van der Waals surface area contributed by atoms with E-state index in [2.05, 4.69) is 9.97 Å². The number of methoxy groups -OCH3 is 1. The minimum absolute atomic E-state index is 0.0549. The van der Waals surface area contributed by atoms with Crippen LogP contribution in [0.2, 0.25) is 0 Å². The highest BCUT2D eigenvalue weighted by molar-refractivity contribution is 5.34. The van der Waals surface area contributed by atoms with E-state index in [9.17, 15) is 17.6 Å². The van der Waals surface area contributed by atoms with E-state index < -0.39 is 17.6 Å². The zero-order valence-electron chi connectivity index (χ0n) is 11.7. The molecule has 2 aromatic rings. The molecule has 0 fully saturated rings. The highest BCUT2D eigenvalue weighted by Gasteiger charge is 2.34. The van der Waals surface area contributed by atoms with Gasteiger partial charge in [0.25, 0.3) is 0 Å². The quantitative estimate of drug-likeness (QED) is 0.803. The fourth-order valence-electron chi connectivity index (χ4n) is 1.75. The lowest BCUT2D eigenvalue weighted by Gasteiger charge is -2.11. The average molecular weight is 316 g/mol. The largest absolute Gasteiger partial charge is 0.439 e. The third kappa shape index (κ3) is 3.91. The molecule has 2 rings (SSSR count). The predicted octanol–water partition coefficient (Wildman–Crippen LogP) is 3.88. The van der Waals surface area contributed by atoms with Crippen molar-refractivity contribution in [2.75, 3.05) is 7.11 Å². The number of alkyl halides is 3. The van der Waals surface area contributed by atoms with Gasteiger partial charge in [-0.05, 0) is 25.1 Å². The van der Waals surface area contributed by atoms with Crippen molar-refractivity contribution in [1.29, 1.82) is 0 Å². The molecule has 0 bridgehead atoms. The zero-order valence-corrected chi connectivity index (χ0v) is 11.7. The SMILES string of the molecule is COCc1nc(C)cc(Oc2ccc(F)c(C(F)(F)F)c2)n1. The van der Waals surface area contributed by atoms with E-state index in [0.717, 1.165) is 6.07 Å². The molecule has 0 aliphatic rings. The third-order valence-corrected chi connectivity index (χ3v) is 2.62. The molecule has 0 N–H and O–H groups in total. The average Bonchev–Trinajstić information content (AvgIpc) is 2.39. The summed E-state index contributed by atoms with van der Waals surface area (Å²) in [7, 11) is 1.46. The van der Waals surface area contributed by atoms with Crippen LogP contribution in [0.5, 0.6) is 11.6 Å². The van der Waals surface area contributed by atoms with Crippen molar-refractivity contribution in [1.82, 2.24) is 9.97 Å². The summed E-state index contributed by atoms with van der Waals surface area (Å²) in [5.41, 5.74) is -0.830. The van der Waals surface area contributed by atoms with Crippen molar-refractivity contribution < 1.29 is 27.0 Å². The number of hydrogen-bond donors (Lipinski definition) is 0. The normalized spacial score (nSPS) is 11.5. The van der Waals surface area contributed by atoms with Crippen LogP contribution in [-0.4, -0.2) is 17.1 Å². The predicted molar refractivity (Wildman–Crippen MR) is 69.0 cm³/mol. The lowest BCUT2D eigenvalue weighted by atomic mass is 10.2. The molecule has 1 aromatic heterocycles. The summed E-state index contributed by atoms with van der Waals surface area (Å²) in [4.78, 5) is 8.08. The van der Waals surface area contributed by atoms with Crippen molar-refractivity contribution in [3.05, 3.63) is 47.2 Å². The summed E-state index contributed by atoms with van der Waals surface area (Å²) in [5.74, 6) is -1.15. The maximum atomic E-state index is 13.2. The molecule has 22 heavy (non-hydrogen) atoms. The number of aryl methyl sites for hydroxylation is 1. The second-order valence-corrected chi connectivity index (χ2v) is 4.44. The van der Waals surface area contributed by atoms with Gasteiger partial charge in [0.1, 0.15) is 18.2 Å². The fraction of sp³-hybridized carbons (Fsp3) is 0.286. The minimum Gasteiger partial charge on any atom is -0.439 e. The standard InChI is InChI=1S/C14H12F4N2O2/c1-8-5-13(20-12(19-8)7-21-2)22-9-3-4-11(15)10(6-9)14(16,17)18/h3-6H,7H2,1-2H3. The highest BCUT2D eigenvalue weighted by atomic mass is 19.4. The molecule has 118 valence electrons. The first kappa shape index (κ1) is 16.2. The first-order chi connectivity index (χ1) is 10.3. The van der Waals surface area contributed by atoms with Gasteiger partial charge in [-0.1, -0.05) is 0 Å². The van der Waals surface area contributed by atoms with E-state index in [-0.39, 0.29) is 18.2 Å². The maximum Gasteiger partial charge on any atom is 0.419 e. The molecule has 0 aliphatic heterocycles. The molecule has 1 aromatic carbocycles. The molecule has 0 atom stereocenters. The Kier molecular flexibility index (Phi) is 4.60. The Balaban J connectivity index is 2.31. The summed E-state index contributed by atoms with van der Waals surface area (Å²) in [6.45, 7) is 1.81. The lowest BCUT2D eigenvalue weighted by molar-refractivity contribution is -0.140. The number of benzene rings is 1. The molecule has 4 nitrogen and oxygen atoms in total. The van der Waals surface area contributed by atoms with Crippen LogP contribution in [0.15, 0.2) is 24.3 Å². The van der Waals surface area contributed by atoms with Crippen LogP contribution >= 0.6 is 0 Å². The van der Waals surface area contributed by atoms with Crippen LogP contribution < -0.4 is 4.74 Å². The maximum absolute atomic E-state index is 13.2. The molecule has 0 spiro atoms. The molecule has 1 heterocycles. The molecule has 0 unspecified atom stereocenters. The summed E-state index contributed by atoms with van der Waals surface area (Å²) >= 11 is 0. The highest BCUT2D eigenvalue weighted by Crippen LogP contribution is 2.34. The van der Waals surface area contributed by atoms with Gasteiger partial charge in [0, 0.05) is 18.9 Å². The van der Waals surface area contributed by atoms with Crippen LogP contribution in [0.3, 0.4) is 0 Å². The Morgan fingerprint density at radius 1 is 1.14 bits per heavy atom. The van der Waals surface area contributed by atoms with Crippen molar-refractivity contribution in [3.63, 3.8) is 0 Å². The number of hydrogen-bond acceptors (Lipinski definition) is 4. The van der Waals surface area contributed by atoms with Crippen molar-refractivity contribution in [3.8, 4) is 11.6 Å². The second-order valence-electron chi connectivity index (χ2n) is 4.44. The molecular weight excluding hydrogens is 304 g/mol. The van der Waals surface area contributed by atoms with E-state index in [1.54, 1.807) is 6.92 Å². The first-order valence-electron chi connectivity index (χ1n) is 6.17. The summed E-state index contributed by atoms with van der Waals surface area (Å²) in [6, 6.07) is 3.83. The van der Waals surface area contributed by atoms with Gasteiger partial charge in [-0.25, -0.2) is 9.37 Å². The molecule has 0 saturated carbocycles. The van der Waals surface area contributed by atoms with Crippen LogP contribution in [0.1, 0.15) is 17.1 Å². The van der Waals surface area contributed by atoms with Crippen LogP contribution in [0, 0.1) is 12.7 Å². The van der Waals surface area contributed by atoms with Gasteiger partial charge < -0.3 is 9.47 Å². The molecule has 8 heteroatoms. The Hall–Kier alpha value is -2.22. The van der Waals surface area contributed by atoms with Gasteiger partial charge in [-0.3, -0.25) is 0 Å². The van der Waals surface area contributed by atoms with Crippen molar-refractivity contribution >= 4 is 0 Å².